The van der Waals surface area contributed by atoms with E-state index in [-0.39, 0.29) is 16.4 Å². The minimum absolute atomic E-state index is 0.0265. The van der Waals surface area contributed by atoms with Crippen molar-refractivity contribution in [1.82, 2.24) is 0 Å². The number of amides is 2. The number of carbonyl (C=O) groups excluding carboxylic acids is 3. The predicted octanol–water partition coefficient (Wildman–Crippen LogP) is 3.63. The van der Waals surface area contributed by atoms with Crippen molar-refractivity contribution >= 4 is 44.9 Å². The molecule has 10 heteroatoms. The molecule has 3 rings (SSSR count). The third-order valence-corrected chi connectivity index (χ3v) is 5.95. The van der Waals surface area contributed by atoms with E-state index in [1.807, 2.05) is 0 Å². The summed E-state index contributed by atoms with van der Waals surface area (Å²) in [6, 6.07) is 20.0. The van der Waals surface area contributed by atoms with Crippen LogP contribution in [-0.4, -0.2) is 32.3 Å². The average molecular weight is 482 g/mol. The van der Waals surface area contributed by atoms with Crippen LogP contribution in [0.2, 0.25) is 0 Å². The Morgan fingerprint density at radius 2 is 1.32 bits per heavy atom. The van der Waals surface area contributed by atoms with E-state index in [0.29, 0.717) is 17.1 Å². The molecule has 0 fully saturated rings. The van der Waals surface area contributed by atoms with Crippen molar-refractivity contribution in [3.63, 3.8) is 0 Å². The highest BCUT2D eigenvalue weighted by Crippen LogP contribution is 2.18. The maximum atomic E-state index is 12.5. The monoisotopic (exact) mass is 481 g/mol. The van der Waals surface area contributed by atoms with Crippen molar-refractivity contribution in [3.8, 4) is 0 Å². The number of esters is 1. The van der Waals surface area contributed by atoms with Crippen LogP contribution < -0.4 is 15.4 Å². The van der Waals surface area contributed by atoms with Crippen molar-refractivity contribution in [3.05, 3.63) is 84.4 Å². The number of rotatable bonds is 8. The van der Waals surface area contributed by atoms with Crippen LogP contribution in [0.25, 0.3) is 0 Å². The van der Waals surface area contributed by atoms with E-state index in [0.717, 1.165) is 0 Å². The standard InChI is InChI=1S/C24H23N3O6S/c1-16(23(29)26-20-12-10-19(11-13-20)25-17(2)28)33-24(30)18-8-14-22(15-9-18)34(31,32)27-21-6-4-3-5-7-21/h3-16,27H,1-2H3,(H,25,28)(H,26,29)/t16-/m1/s1. The van der Waals surface area contributed by atoms with Gasteiger partial charge in [0.1, 0.15) is 0 Å². The highest BCUT2D eigenvalue weighted by molar-refractivity contribution is 7.92. The molecule has 0 saturated heterocycles. The first-order chi connectivity index (χ1) is 16.1. The van der Waals surface area contributed by atoms with Crippen molar-refractivity contribution in [2.45, 2.75) is 24.8 Å². The van der Waals surface area contributed by atoms with Crippen LogP contribution in [0.5, 0.6) is 0 Å². The molecule has 176 valence electrons. The fourth-order valence-electron chi connectivity index (χ4n) is 2.86. The van der Waals surface area contributed by atoms with Gasteiger partial charge in [-0.1, -0.05) is 18.2 Å². The van der Waals surface area contributed by atoms with Crippen molar-refractivity contribution in [2.24, 2.45) is 0 Å². The van der Waals surface area contributed by atoms with Gasteiger partial charge in [0.15, 0.2) is 6.10 Å². The van der Waals surface area contributed by atoms with Crippen LogP contribution in [0.1, 0.15) is 24.2 Å². The Morgan fingerprint density at radius 3 is 1.88 bits per heavy atom. The number of carbonyl (C=O) groups is 3. The van der Waals surface area contributed by atoms with E-state index in [1.165, 1.54) is 38.1 Å². The van der Waals surface area contributed by atoms with Gasteiger partial charge in [0.05, 0.1) is 10.5 Å². The van der Waals surface area contributed by atoms with E-state index in [9.17, 15) is 22.8 Å². The van der Waals surface area contributed by atoms with Gasteiger partial charge >= 0.3 is 5.97 Å². The lowest BCUT2D eigenvalue weighted by Crippen LogP contribution is -2.30. The van der Waals surface area contributed by atoms with Gasteiger partial charge in [0, 0.05) is 24.0 Å². The molecule has 3 N–H and O–H groups in total. The van der Waals surface area contributed by atoms with Crippen molar-refractivity contribution < 1.29 is 27.5 Å². The summed E-state index contributed by atoms with van der Waals surface area (Å²) < 4.78 is 32.6. The van der Waals surface area contributed by atoms with Gasteiger partial charge in [-0.05, 0) is 67.6 Å². The van der Waals surface area contributed by atoms with Gasteiger partial charge in [-0.2, -0.15) is 0 Å². The lowest BCUT2D eigenvalue weighted by molar-refractivity contribution is -0.123. The summed E-state index contributed by atoms with van der Waals surface area (Å²) in [7, 11) is -3.83. The molecule has 0 heterocycles. The third-order valence-electron chi connectivity index (χ3n) is 4.55. The largest absolute Gasteiger partial charge is 0.449 e. The first-order valence-electron chi connectivity index (χ1n) is 10.2. The van der Waals surface area contributed by atoms with Gasteiger partial charge < -0.3 is 15.4 Å². The number of hydrogen-bond donors (Lipinski definition) is 3. The summed E-state index contributed by atoms with van der Waals surface area (Å²) in [5, 5.41) is 5.23. The zero-order valence-corrected chi connectivity index (χ0v) is 19.3. The predicted molar refractivity (Wildman–Crippen MR) is 128 cm³/mol. The molecule has 0 bridgehead atoms. The van der Waals surface area contributed by atoms with Crippen LogP contribution in [0.4, 0.5) is 17.1 Å². The molecule has 34 heavy (non-hydrogen) atoms. The van der Waals surface area contributed by atoms with E-state index in [1.54, 1.807) is 54.6 Å². The maximum Gasteiger partial charge on any atom is 0.338 e. The molecule has 0 unspecified atom stereocenters. The molecule has 3 aromatic rings. The number of ether oxygens (including phenoxy) is 1. The lowest BCUT2D eigenvalue weighted by atomic mass is 10.2. The number of para-hydroxylation sites is 1. The third kappa shape index (κ3) is 6.66. The number of hydrogen-bond acceptors (Lipinski definition) is 6. The Balaban J connectivity index is 1.58. The molecule has 0 saturated carbocycles. The van der Waals surface area contributed by atoms with Crippen LogP contribution in [0, 0.1) is 0 Å². The van der Waals surface area contributed by atoms with Gasteiger partial charge in [0.2, 0.25) is 5.91 Å². The highest BCUT2D eigenvalue weighted by Gasteiger charge is 2.20. The summed E-state index contributed by atoms with van der Waals surface area (Å²) in [6.07, 6.45) is -1.11. The van der Waals surface area contributed by atoms with E-state index in [4.69, 9.17) is 4.74 Å². The molecule has 0 aromatic heterocycles. The Labute approximate surface area is 197 Å². The summed E-state index contributed by atoms with van der Waals surface area (Å²) >= 11 is 0. The zero-order chi connectivity index (χ0) is 24.7. The Bertz CT molecular complexity index is 1270. The fourth-order valence-corrected chi connectivity index (χ4v) is 3.92. The van der Waals surface area contributed by atoms with Crippen molar-refractivity contribution in [1.29, 1.82) is 0 Å². The lowest BCUT2D eigenvalue weighted by Gasteiger charge is -2.14. The van der Waals surface area contributed by atoms with Gasteiger partial charge in [-0.15, -0.1) is 0 Å². The average Bonchev–Trinajstić information content (AvgIpc) is 2.80. The Morgan fingerprint density at radius 1 is 0.765 bits per heavy atom. The summed E-state index contributed by atoms with van der Waals surface area (Å²) in [4.78, 5) is 35.8. The topological polar surface area (TPSA) is 131 Å². The Hall–Kier alpha value is -4.18. The second-order valence-electron chi connectivity index (χ2n) is 7.29. The smallest absolute Gasteiger partial charge is 0.338 e. The van der Waals surface area contributed by atoms with Crippen LogP contribution in [0.3, 0.4) is 0 Å². The molecule has 0 radical (unpaired) electrons. The first-order valence-corrected chi connectivity index (χ1v) is 11.7. The first kappa shape index (κ1) is 24.5. The van der Waals surface area contributed by atoms with Crippen LogP contribution in [0.15, 0.2) is 83.8 Å². The van der Waals surface area contributed by atoms with Gasteiger partial charge in [0.25, 0.3) is 15.9 Å². The van der Waals surface area contributed by atoms with Crippen LogP contribution in [-0.2, 0) is 24.3 Å². The molecule has 0 spiro atoms. The fraction of sp³-hybridized carbons (Fsp3) is 0.125. The highest BCUT2D eigenvalue weighted by atomic mass is 32.2. The summed E-state index contributed by atoms with van der Waals surface area (Å²) in [6.45, 7) is 2.81. The van der Waals surface area contributed by atoms with E-state index in [2.05, 4.69) is 15.4 Å². The molecular formula is C24H23N3O6S. The van der Waals surface area contributed by atoms with Crippen molar-refractivity contribution in [2.75, 3.05) is 15.4 Å². The summed E-state index contributed by atoms with van der Waals surface area (Å²) in [5.74, 6) is -1.54. The molecule has 0 aliphatic heterocycles. The normalized spacial score (nSPS) is 11.7. The second kappa shape index (κ2) is 10.6. The number of benzene rings is 3. The molecule has 0 aliphatic rings. The molecule has 9 nitrogen and oxygen atoms in total. The summed E-state index contributed by atoms with van der Waals surface area (Å²) in [5.41, 5.74) is 1.55. The molecule has 2 amide bonds. The molecule has 1 atom stereocenters. The maximum absolute atomic E-state index is 12.5. The Kier molecular flexibility index (Phi) is 7.64. The van der Waals surface area contributed by atoms with Crippen LogP contribution >= 0.6 is 0 Å². The van der Waals surface area contributed by atoms with Gasteiger partial charge in [-0.25, -0.2) is 13.2 Å². The molecule has 0 aliphatic carbocycles. The van der Waals surface area contributed by atoms with E-state index < -0.39 is 28.0 Å². The quantitative estimate of drug-likeness (QED) is 0.421. The minimum Gasteiger partial charge on any atom is -0.449 e. The molecule has 3 aromatic carbocycles. The number of anilines is 3. The SMILES string of the molecule is CC(=O)Nc1ccc(NC(=O)[C@@H](C)OC(=O)c2ccc(S(=O)(=O)Nc3ccccc3)cc2)cc1. The van der Waals surface area contributed by atoms with Gasteiger partial charge in [-0.3, -0.25) is 14.3 Å². The zero-order valence-electron chi connectivity index (χ0n) is 18.4. The molecular weight excluding hydrogens is 458 g/mol. The minimum atomic E-state index is -3.83. The number of sulfonamides is 1. The second-order valence-corrected chi connectivity index (χ2v) is 8.97. The van der Waals surface area contributed by atoms with E-state index >= 15 is 0 Å². The number of nitrogens with one attached hydrogen (secondary N) is 3.